The Morgan fingerprint density at radius 1 is 1.29 bits per heavy atom. The number of hydrogen-bond acceptors (Lipinski definition) is 4. The van der Waals surface area contributed by atoms with Crippen molar-refractivity contribution in [3.05, 3.63) is 53.7 Å². The van der Waals surface area contributed by atoms with Gasteiger partial charge in [0.2, 0.25) is 0 Å². The number of amides is 1. The van der Waals surface area contributed by atoms with E-state index in [0.29, 0.717) is 16.6 Å². The van der Waals surface area contributed by atoms with Gasteiger partial charge in [0.25, 0.3) is 5.91 Å². The summed E-state index contributed by atoms with van der Waals surface area (Å²) in [4.78, 5) is 16.1. The Balaban J connectivity index is 1.86. The largest absolute Gasteiger partial charge is 0.484 e. The summed E-state index contributed by atoms with van der Waals surface area (Å²) in [5.74, 6) is 0.796. The van der Waals surface area contributed by atoms with Crippen molar-refractivity contribution in [3.8, 4) is 5.75 Å². The van der Waals surface area contributed by atoms with Crippen molar-refractivity contribution in [1.82, 2.24) is 4.98 Å². The molecule has 21 heavy (non-hydrogen) atoms. The van der Waals surface area contributed by atoms with Crippen molar-refractivity contribution in [2.75, 3.05) is 11.9 Å². The molecule has 3 N–H and O–H groups in total. The number of nitrogens with one attached hydrogen (secondary N) is 1. The van der Waals surface area contributed by atoms with Gasteiger partial charge >= 0.3 is 0 Å². The number of rotatable bonds is 5. The first kappa shape index (κ1) is 14.9. The molecule has 0 saturated carbocycles. The molecule has 1 heterocycles. The average Bonchev–Trinajstić information content (AvgIpc) is 2.48. The Labute approximate surface area is 128 Å². The van der Waals surface area contributed by atoms with Crippen LogP contribution in [0.1, 0.15) is 11.1 Å². The second-order valence-electron chi connectivity index (χ2n) is 4.45. The highest BCUT2D eigenvalue weighted by Crippen LogP contribution is 2.12. The lowest BCUT2D eigenvalue weighted by Gasteiger charge is -2.07. The summed E-state index contributed by atoms with van der Waals surface area (Å²) in [5, 5.41) is 2.65. The minimum Gasteiger partial charge on any atom is -0.484 e. The quantitative estimate of drug-likeness (QED) is 0.826. The van der Waals surface area contributed by atoms with Gasteiger partial charge in [0.05, 0.1) is 0 Å². The molecule has 0 aliphatic carbocycles. The van der Waals surface area contributed by atoms with Crippen molar-refractivity contribution in [2.24, 2.45) is 5.73 Å². The van der Waals surface area contributed by atoms with Crippen molar-refractivity contribution < 1.29 is 9.53 Å². The fourth-order valence-electron chi connectivity index (χ4n) is 1.58. The molecule has 0 fully saturated rings. The minimum absolute atomic E-state index is 0.0953. The van der Waals surface area contributed by atoms with Gasteiger partial charge in [-0.1, -0.05) is 18.3 Å². The fraction of sp³-hybridized carbons (Fsp3) is 0.133. The van der Waals surface area contributed by atoms with Crippen LogP contribution in [0.2, 0.25) is 0 Å². The van der Waals surface area contributed by atoms with Crippen LogP contribution in [0.3, 0.4) is 0 Å². The molecule has 0 saturated heterocycles. The molecule has 0 radical (unpaired) electrons. The van der Waals surface area contributed by atoms with Crippen molar-refractivity contribution >= 4 is 28.9 Å². The molecule has 2 rings (SSSR count). The number of ether oxygens (including phenoxy) is 1. The van der Waals surface area contributed by atoms with Crippen LogP contribution in [0.25, 0.3) is 0 Å². The molecule has 6 heteroatoms. The Morgan fingerprint density at radius 3 is 2.57 bits per heavy atom. The molecular weight excluding hydrogens is 286 g/mol. The molecular formula is C15H15N3O2S. The number of thiocarbonyl (C=S) groups is 1. The van der Waals surface area contributed by atoms with E-state index in [0.717, 1.165) is 11.1 Å². The summed E-state index contributed by atoms with van der Waals surface area (Å²) in [6.45, 7) is 1.83. The van der Waals surface area contributed by atoms with Crippen LogP contribution in [0.4, 0.5) is 5.82 Å². The van der Waals surface area contributed by atoms with Gasteiger partial charge in [-0.05, 0) is 42.8 Å². The zero-order chi connectivity index (χ0) is 15.2. The van der Waals surface area contributed by atoms with E-state index >= 15 is 0 Å². The molecule has 2 aromatic rings. The molecule has 0 spiro atoms. The van der Waals surface area contributed by atoms with Crippen LogP contribution in [-0.4, -0.2) is 22.5 Å². The number of carbonyl (C=O) groups is 1. The van der Waals surface area contributed by atoms with E-state index in [2.05, 4.69) is 10.3 Å². The number of pyridine rings is 1. The lowest BCUT2D eigenvalue weighted by molar-refractivity contribution is -0.118. The lowest BCUT2D eigenvalue weighted by Crippen LogP contribution is -2.20. The summed E-state index contributed by atoms with van der Waals surface area (Å²) in [5.41, 5.74) is 7.29. The number of nitrogens with zero attached hydrogens (tertiary/aromatic N) is 1. The Kier molecular flexibility index (Phi) is 4.84. The molecule has 0 unspecified atom stereocenters. The zero-order valence-corrected chi connectivity index (χ0v) is 12.3. The normalized spacial score (nSPS) is 9.95. The molecule has 1 amide bonds. The molecule has 108 valence electrons. The van der Waals surface area contributed by atoms with Crippen LogP contribution in [0, 0.1) is 6.92 Å². The standard InChI is InChI=1S/C15H15N3O2S/c1-10-2-7-13(17-8-10)18-14(19)9-20-12-5-3-11(4-6-12)15(16)21/h2-8H,9H2,1H3,(H2,16,21)(H,17,18,19). The van der Waals surface area contributed by atoms with Gasteiger partial charge in [0.1, 0.15) is 16.6 Å². The maximum atomic E-state index is 11.7. The summed E-state index contributed by atoms with van der Waals surface area (Å²) < 4.78 is 5.37. The van der Waals surface area contributed by atoms with Crippen molar-refractivity contribution in [1.29, 1.82) is 0 Å². The summed E-state index contributed by atoms with van der Waals surface area (Å²) in [6.07, 6.45) is 1.69. The van der Waals surface area contributed by atoms with Gasteiger partial charge < -0.3 is 15.8 Å². The summed E-state index contributed by atoms with van der Waals surface area (Å²) >= 11 is 4.86. The molecule has 1 aromatic heterocycles. The first-order valence-electron chi connectivity index (χ1n) is 6.30. The summed E-state index contributed by atoms with van der Waals surface area (Å²) in [6, 6.07) is 10.5. The first-order valence-corrected chi connectivity index (χ1v) is 6.70. The zero-order valence-electron chi connectivity index (χ0n) is 11.5. The topological polar surface area (TPSA) is 77.2 Å². The van der Waals surface area contributed by atoms with Crippen LogP contribution < -0.4 is 15.8 Å². The van der Waals surface area contributed by atoms with E-state index in [1.165, 1.54) is 0 Å². The van der Waals surface area contributed by atoms with Crippen LogP contribution in [0.15, 0.2) is 42.6 Å². The molecule has 0 aliphatic heterocycles. The van der Waals surface area contributed by atoms with Gasteiger partial charge in [-0.25, -0.2) is 4.98 Å². The summed E-state index contributed by atoms with van der Waals surface area (Å²) in [7, 11) is 0. The van der Waals surface area contributed by atoms with Gasteiger partial charge in [-0.3, -0.25) is 4.79 Å². The molecule has 0 aliphatic rings. The van der Waals surface area contributed by atoms with E-state index in [9.17, 15) is 4.79 Å². The first-order chi connectivity index (χ1) is 10.0. The molecule has 0 bridgehead atoms. The highest BCUT2D eigenvalue weighted by atomic mass is 32.1. The van der Waals surface area contributed by atoms with E-state index in [-0.39, 0.29) is 12.5 Å². The van der Waals surface area contributed by atoms with Crippen molar-refractivity contribution in [3.63, 3.8) is 0 Å². The second kappa shape index (κ2) is 6.81. The van der Waals surface area contributed by atoms with Gasteiger partial charge in [0, 0.05) is 11.8 Å². The third-order valence-electron chi connectivity index (χ3n) is 2.69. The van der Waals surface area contributed by atoms with Gasteiger partial charge in [-0.2, -0.15) is 0 Å². The number of aromatic nitrogens is 1. The lowest BCUT2D eigenvalue weighted by atomic mass is 10.2. The fourth-order valence-corrected chi connectivity index (χ4v) is 1.72. The average molecular weight is 301 g/mol. The highest BCUT2D eigenvalue weighted by molar-refractivity contribution is 7.80. The SMILES string of the molecule is Cc1ccc(NC(=O)COc2ccc(C(N)=S)cc2)nc1. The predicted molar refractivity (Wildman–Crippen MR) is 85.4 cm³/mol. The van der Waals surface area contributed by atoms with E-state index in [4.69, 9.17) is 22.7 Å². The predicted octanol–water partition coefficient (Wildman–Crippen LogP) is 2.04. The monoisotopic (exact) mass is 301 g/mol. The number of nitrogens with two attached hydrogens (primary N) is 1. The van der Waals surface area contributed by atoms with Crippen LogP contribution >= 0.6 is 12.2 Å². The number of aryl methyl sites for hydroxylation is 1. The van der Waals surface area contributed by atoms with E-state index in [1.54, 1.807) is 36.5 Å². The van der Waals surface area contributed by atoms with Crippen LogP contribution in [0.5, 0.6) is 5.75 Å². The van der Waals surface area contributed by atoms with E-state index in [1.807, 2.05) is 13.0 Å². The molecule has 5 nitrogen and oxygen atoms in total. The highest BCUT2D eigenvalue weighted by Gasteiger charge is 2.05. The number of anilines is 1. The third-order valence-corrected chi connectivity index (χ3v) is 2.92. The second-order valence-corrected chi connectivity index (χ2v) is 4.89. The maximum absolute atomic E-state index is 11.7. The van der Waals surface area contributed by atoms with Gasteiger partial charge in [0.15, 0.2) is 6.61 Å². The Hall–Kier alpha value is -2.47. The van der Waals surface area contributed by atoms with E-state index < -0.39 is 0 Å². The minimum atomic E-state index is -0.273. The molecule has 1 aromatic carbocycles. The maximum Gasteiger partial charge on any atom is 0.263 e. The number of benzene rings is 1. The smallest absolute Gasteiger partial charge is 0.263 e. The van der Waals surface area contributed by atoms with Crippen molar-refractivity contribution in [2.45, 2.75) is 6.92 Å². The number of carbonyl (C=O) groups excluding carboxylic acids is 1. The Bertz CT molecular complexity index is 639. The molecule has 0 atom stereocenters. The number of hydrogen-bond donors (Lipinski definition) is 2. The van der Waals surface area contributed by atoms with Gasteiger partial charge in [-0.15, -0.1) is 0 Å². The van der Waals surface area contributed by atoms with Crippen LogP contribution in [-0.2, 0) is 4.79 Å². The third kappa shape index (κ3) is 4.54. The Morgan fingerprint density at radius 2 is 2.00 bits per heavy atom.